The SMILES string of the molecule is CC(C)(C)Nc1ccc(C(=O)NCCC2=CCCCC2)nc1. The minimum absolute atomic E-state index is 0.0147. The van der Waals surface area contributed by atoms with Crippen LogP contribution in [0.3, 0.4) is 0 Å². The summed E-state index contributed by atoms with van der Waals surface area (Å²) in [7, 11) is 0. The lowest BCUT2D eigenvalue weighted by Gasteiger charge is -2.21. The Hall–Kier alpha value is -1.84. The smallest absolute Gasteiger partial charge is 0.269 e. The van der Waals surface area contributed by atoms with E-state index in [1.807, 2.05) is 6.07 Å². The first kappa shape index (κ1) is 16.5. The fourth-order valence-electron chi connectivity index (χ4n) is 2.59. The summed E-state index contributed by atoms with van der Waals surface area (Å²) in [5.41, 5.74) is 2.86. The Morgan fingerprint density at radius 3 is 2.68 bits per heavy atom. The number of allylic oxidation sites excluding steroid dienone is 1. The van der Waals surface area contributed by atoms with Gasteiger partial charge in [-0.25, -0.2) is 4.98 Å². The lowest BCUT2D eigenvalue weighted by atomic mass is 9.97. The molecule has 4 nitrogen and oxygen atoms in total. The summed E-state index contributed by atoms with van der Waals surface area (Å²) in [6.45, 7) is 6.96. The van der Waals surface area contributed by atoms with E-state index < -0.39 is 0 Å². The van der Waals surface area contributed by atoms with E-state index in [9.17, 15) is 4.79 Å². The van der Waals surface area contributed by atoms with Crippen LogP contribution in [-0.2, 0) is 0 Å². The molecule has 0 aliphatic heterocycles. The largest absolute Gasteiger partial charge is 0.379 e. The molecule has 1 aromatic rings. The van der Waals surface area contributed by atoms with E-state index in [1.54, 1.807) is 12.3 Å². The van der Waals surface area contributed by atoms with Crippen molar-refractivity contribution in [2.24, 2.45) is 0 Å². The van der Waals surface area contributed by atoms with Crippen molar-refractivity contribution in [2.45, 2.75) is 58.4 Å². The van der Waals surface area contributed by atoms with Gasteiger partial charge in [-0.05, 0) is 65.0 Å². The number of aromatic nitrogens is 1. The summed E-state index contributed by atoms with van der Waals surface area (Å²) in [5.74, 6) is -0.0984. The number of anilines is 1. The van der Waals surface area contributed by atoms with Crippen molar-refractivity contribution in [3.63, 3.8) is 0 Å². The van der Waals surface area contributed by atoms with Gasteiger partial charge in [0.1, 0.15) is 5.69 Å². The molecule has 1 aromatic heterocycles. The average Bonchev–Trinajstić information content (AvgIpc) is 2.47. The van der Waals surface area contributed by atoms with Gasteiger partial charge in [-0.1, -0.05) is 11.6 Å². The second-order valence-electron chi connectivity index (χ2n) is 6.92. The number of carbonyl (C=O) groups excluding carboxylic acids is 1. The highest BCUT2D eigenvalue weighted by molar-refractivity contribution is 5.92. The summed E-state index contributed by atoms with van der Waals surface area (Å²) < 4.78 is 0. The van der Waals surface area contributed by atoms with Gasteiger partial charge in [0, 0.05) is 12.1 Å². The molecule has 0 fully saturated rings. The number of nitrogens with zero attached hydrogens (tertiary/aromatic N) is 1. The zero-order chi connectivity index (χ0) is 16.0. The molecule has 1 amide bonds. The molecule has 0 aromatic carbocycles. The molecular formula is C18H27N3O. The van der Waals surface area contributed by atoms with Gasteiger partial charge in [-0.2, -0.15) is 0 Å². The number of pyridine rings is 1. The minimum atomic E-state index is -0.0984. The molecule has 22 heavy (non-hydrogen) atoms. The third-order valence-corrected chi connectivity index (χ3v) is 3.63. The second-order valence-corrected chi connectivity index (χ2v) is 6.92. The van der Waals surface area contributed by atoms with Crippen LogP contribution in [0.4, 0.5) is 5.69 Å². The van der Waals surface area contributed by atoms with Crippen LogP contribution in [0.2, 0.25) is 0 Å². The van der Waals surface area contributed by atoms with Crippen LogP contribution >= 0.6 is 0 Å². The molecule has 0 saturated heterocycles. The monoisotopic (exact) mass is 301 g/mol. The highest BCUT2D eigenvalue weighted by atomic mass is 16.1. The van der Waals surface area contributed by atoms with E-state index in [-0.39, 0.29) is 11.4 Å². The quantitative estimate of drug-likeness (QED) is 0.811. The first-order chi connectivity index (χ1) is 10.4. The zero-order valence-electron chi connectivity index (χ0n) is 13.9. The standard InChI is InChI=1S/C18H27N3O/c1-18(2,3)21-15-9-10-16(20-13-15)17(22)19-12-11-14-7-5-4-6-8-14/h7,9-10,13,21H,4-6,8,11-12H2,1-3H3,(H,19,22). The molecule has 2 rings (SSSR count). The molecule has 0 atom stereocenters. The molecule has 1 heterocycles. The molecule has 0 unspecified atom stereocenters. The summed E-state index contributed by atoms with van der Waals surface area (Å²) in [6, 6.07) is 3.67. The van der Waals surface area contributed by atoms with Crippen molar-refractivity contribution in [1.29, 1.82) is 0 Å². The maximum atomic E-state index is 12.1. The molecule has 2 N–H and O–H groups in total. The lowest BCUT2D eigenvalue weighted by molar-refractivity contribution is 0.0949. The number of rotatable bonds is 5. The van der Waals surface area contributed by atoms with Crippen molar-refractivity contribution in [2.75, 3.05) is 11.9 Å². The van der Waals surface area contributed by atoms with Crippen LogP contribution in [0.15, 0.2) is 30.0 Å². The van der Waals surface area contributed by atoms with Gasteiger partial charge in [-0.15, -0.1) is 0 Å². The van der Waals surface area contributed by atoms with E-state index in [2.05, 4.69) is 42.5 Å². The van der Waals surface area contributed by atoms with Crippen LogP contribution < -0.4 is 10.6 Å². The Bertz CT molecular complexity index is 526. The van der Waals surface area contributed by atoms with Gasteiger partial charge < -0.3 is 10.6 Å². The fourth-order valence-corrected chi connectivity index (χ4v) is 2.59. The number of carbonyl (C=O) groups is 1. The predicted octanol–water partition coefficient (Wildman–Crippen LogP) is 3.91. The normalized spacial score (nSPS) is 15.1. The maximum absolute atomic E-state index is 12.1. The summed E-state index contributed by atoms with van der Waals surface area (Å²) >= 11 is 0. The van der Waals surface area contributed by atoms with E-state index in [4.69, 9.17) is 0 Å². The Kier molecular flexibility index (Phi) is 5.58. The third kappa shape index (κ3) is 5.51. The molecular weight excluding hydrogens is 274 g/mol. The maximum Gasteiger partial charge on any atom is 0.269 e. The molecule has 0 saturated carbocycles. The van der Waals surface area contributed by atoms with E-state index in [0.717, 1.165) is 12.1 Å². The topological polar surface area (TPSA) is 54.0 Å². The zero-order valence-corrected chi connectivity index (χ0v) is 13.9. The average molecular weight is 301 g/mol. The van der Waals surface area contributed by atoms with Crippen molar-refractivity contribution in [1.82, 2.24) is 10.3 Å². The van der Waals surface area contributed by atoms with Crippen LogP contribution in [0, 0.1) is 0 Å². The van der Waals surface area contributed by atoms with E-state index in [1.165, 1.54) is 31.3 Å². The Balaban J connectivity index is 1.81. The van der Waals surface area contributed by atoms with Crippen LogP contribution in [0.25, 0.3) is 0 Å². The van der Waals surface area contributed by atoms with Gasteiger partial charge in [0.05, 0.1) is 11.9 Å². The van der Waals surface area contributed by atoms with Crippen LogP contribution in [-0.4, -0.2) is 23.0 Å². The van der Waals surface area contributed by atoms with Gasteiger partial charge >= 0.3 is 0 Å². The number of nitrogens with one attached hydrogen (secondary N) is 2. The molecule has 0 bridgehead atoms. The number of hydrogen-bond acceptors (Lipinski definition) is 3. The Morgan fingerprint density at radius 1 is 1.27 bits per heavy atom. The molecule has 0 spiro atoms. The van der Waals surface area contributed by atoms with Gasteiger partial charge in [0.15, 0.2) is 0 Å². The highest BCUT2D eigenvalue weighted by Gasteiger charge is 2.11. The summed E-state index contributed by atoms with van der Waals surface area (Å²) in [4.78, 5) is 16.3. The van der Waals surface area contributed by atoms with Gasteiger partial charge in [-0.3, -0.25) is 4.79 Å². The van der Waals surface area contributed by atoms with E-state index >= 15 is 0 Å². The van der Waals surface area contributed by atoms with Crippen molar-refractivity contribution in [3.05, 3.63) is 35.7 Å². The molecule has 120 valence electrons. The Morgan fingerprint density at radius 2 is 2.09 bits per heavy atom. The van der Waals surface area contributed by atoms with Crippen LogP contribution in [0.1, 0.15) is 63.4 Å². The number of hydrogen-bond donors (Lipinski definition) is 2. The van der Waals surface area contributed by atoms with Crippen LogP contribution in [0.5, 0.6) is 0 Å². The van der Waals surface area contributed by atoms with Gasteiger partial charge in [0.25, 0.3) is 5.91 Å². The molecule has 4 heteroatoms. The molecule has 1 aliphatic carbocycles. The predicted molar refractivity (Wildman–Crippen MR) is 91.1 cm³/mol. The number of amides is 1. The summed E-state index contributed by atoms with van der Waals surface area (Å²) in [6.07, 6.45) is 9.94. The first-order valence-corrected chi connectivity index (χ1v) is 8.14. The van der Waals surface area contributed by atoms with Gasteiger partial charge in [0.2, 0.25) is 0 Å². The third-order valence-electron chi connectivity index (χ3n) is 3.63. The second kappa shape index (κ2) is 7.43. The van der Waals surface area contributed by atoms with Crippen molar-refractivity contribution in [3.8, 4) is 0 Å². The van der Waals surface area contributed by atoms with Crippen molar-refractivity contribution >= 4 is 11.6 Å². The molecule has 1 aliphatic rings. The Labute approximate surface area is 133 Å². The van der Waals surface area contributed by atoms with E-state index in [0.29, 0.717) is 12.2 Å². The first-order valence-electron chi connectivity index (χ1n) is 8.14. The summed E-state index contributed by atoms with van der Waals surface area (Å²) in [5, 5.41) is 6.28. The highest BCUT2D eigenvalue weighted by Crippen LogP contribution is 2.19. The lowest BCUT2D eigenvalue weighted by Crippen LogP contribution is -2.27. The fraction of sp³-hybridized carbons (Fsp3) is 0.556. The van der Waals surface area contributed by atoms with Crippen molar-refractivity contribution < 1.29 is 4.79 Å². The molecule has 0 radical (unpaired) electrons. The minimum Gasteiger partial charge on any atom is -0.379 e.